The summed E-state index contributed by atoms with van der Waals surface area (Å²) >= 11 is 1.48. The normalized spacial score (nSPS) is 17.1. The van der Waals surface area contributed by atoms with Crippen molar-refractivity contribution in [3.63, 3.8) is 0 Å². The van der Waals surface area contributed by atoms with Crippen LogP contribution in [0.2, 0.25) is 0 Å². The summed E-state index contributed by atoms with van der Waals surface area (Å²) in [6.45, 7) is 7.00. The van der Waals surface area contributed by atoms with Gasteiger partial charge in [-0.1, -0.05) is 68.5 Å². The third kappa shape index (κ3) is 6.04. The molecule has 2 aliphatic rings. The number of amides is 1. The van der Waals surface area contributed by atoms with Crippen LogP contribution >= 0.6 is 11.3 Å². The number of carbonyl (C=O) groups is 1. The largest absolute Gasteiger partial charge is 0.405 e. The van der Waals surface area contributed by atoms with Crippen LogP contribution in [0.25, 0.3) is 5.57 Å². The average Bonchev–Trinajstić information content (AvgIpc) is 3.29. The maximum Gasteiger partial charge on any atom is 0.291 e. The number of fused-ring (bicyclic) bond motifs is 1. The average molecular weight is 531 g/mol. The van der Waals surface area contributed by atoms with E-state index in [4.69, 9.17) is 20.6 Å². The number of para-hydroxylation sites is 1. The highest BCUT2D eigenvalue weighted by Gasteiger charge is 2.27. The molecule has 1 aromatic heterocycles. The van der Waals surface area contributed by atoms with E-state index in [-0.39, 0.29) is 11.9 Å². The Labute approximate surface area is 225 Å². The minimum absolute atomic E-state index is 0.243. The minimum Gasteiger partial charge on any atom is -0.405 e. The molecule has 10 heteroatoms. The van der Waals surface area contributed by atoms with Gasteiger partial charge in [0.25, 0.3) is 11.9 Å². The van der Waals surface area contributed by atoms with Crippen LogP contribution in [-0.4, -0.2) is 47.9 Å². The fourth-order valence-electron chi connectivity index (χ4n) is 3.99. The summed E-state index contributed by atoms with van der Waals surface area (Å²) in [5, 5.41) is 12.2. The summed E-state index contributed by atoms with van der Waals surface area (Å²) in [5.41, 5.74) is 10.3. The summed E-state index contributed by atoms with van der Waals surface area (Å²) in [4.78, 5) is 27.2. The van der Waals surface area contributed by atoms with E-state index in [0.29, 0.717) is 30.3 Å². The zero-order chi connectivity index (χ0) is 27.1. The Morgan fingerprint density at radius 2 is 1.92 bits per heavy atom. The molecule has 4 N–H and O–H groups in total. The summed E-state index contributed by atoms with van der Waals surface area (Å²) in [6.07, 6.45) is 1.51. The number of benzene rings is 2. The maximum atomic E-state index is 13.0. The van der Waals surface area contributed by atoms with Gasteiger partial charge in [0.05, 0.1) is 34.5 Å². The van der Waals surface area contributed by atoms with E-state index in [1.807, 2.05) is 81.4 Å². The lowest BCUT2D eigenvalue weighted by atomic mass is 10.0. The summed E-state index contributed by atoms with van der Waals surface area (Å²) in [6, 6.07) is 16.6. The smallest absolute Gasteiger partial charge is 0.291 e. The van der Waals surface area contributed by atoms with Crippen molar-refractivity contribution >= 4 is 46.1 Å². The lowest BCUT2D eigenvalue weighted by molar-refractivity contribution is -0.117. The molecule has 0 saturated heterocycles. The van der Waals surface area contributed by atoms with Gasteiger partial charge in [-0.15, -0.1) is 11.3 Å². The molecular formula is C28H30N6O3S. The lowest BCUT2D eigenvalue weighted by Crippen LogP contribution is -2.29. The molecule has 0 aliphatic carbocycles. The number of aromatic nitrogens is 1. The number of nitrogens with zero attached hydrogens (tertiary/aromatic N) is 3. The second-order valence-corrected chi connectivity index (χ2v) is 9.32. The van der Waals surface area contributed by atoms with E-state index < -0.39 is 12.1 Å². The van der Waals surface area contributed by atoms with Gasteiger partial charge in [0.1, 0.15) is 5.69 Å². The second kappa shape index (κ2) is 12.4. The molecule has 5 rings (SSSR count). The number of rotatable bonds is 4. The van der Waals surface area contributed by atoms with E-state index >= 15 is 0 Å². The number of ether oxygens (including phenoxy) is 2. The number of benzodiazepines with no additional fused rings is 1. The number of hydrogen-bond donors (Lipinski definition) is 3. The van der Waals surface area contributed by atoms with Crippen molar-refractivity contribution < 1.29 is 14.3 Å². The Morgan fingerprint density at radius 3 is 2.66 bits per heavy atom. The van der Waals surface area contributed by atoms with Crippen LogP contribution in [0.1, 0.15) is 47.0 Å². The number of nitrogens with one attached hydrogen (secondary N) is 2. The van der Waals surface area contributed by atoms with Gasteiger partial charge in [0.15, 0.2) is 0 Å². The van der Waals surface area contributed by atoms with Gasteiger partial charge in [-0.25, -0.2) is 9.98 Å². The molecule has 1 atom stereocenters. The highest BCUT2D eigenvalue weighted by atomic mass is 32.1. The Kier molecular flexibility index (Phi) is 8.77. The number of hydrogen-bond acceptors (Lipinski definition) is 8. The van der Waals surface area contributed by atoms with Crippen molar-refractivity contribution in [2.24, 2.45) is 15.7 Å². The third-order valence-electron chi connectivity index (χ3n) is 5.63. The van der Waals surface area contributed by atoms with Gasteiger partial charge in [-0.2, -0.15) is 4.99 Å². The minimum atomic E-state index is -1.20. The van der Waals surface area contributed by atoms with Crippen LogP contribution in [0.4, 0.5) is 5.69 Å². The third-order valence-corrected chi connectivity index (χ3v) is 6.68. The highest BCUT2D eigenvalue weighted by Crippen LogP contribution is 2.30. The first-order valence-corrected chi connectivity index (χ1v) is 13.2. The Morgan fingerprint density at radius 1 is 1.18 bits per heavy atom. The van der Waals surface area contributed by atoms with Crippen molar-refractivity contribution in [1.29, 1.82) is 5.41 Å². The van der Waals surface area contributed by atoms with Crippen molar-refractivity contribution in [3.05, 3.63) is 87.4 Å². The molecule has 0 radical (unpaired) electrons. The molecule has 1 amide bonds. The molecule has 0 saturated carbocycles. The van der Waals surface area contributed by atoms with Crippen molar-refractivity contribution in [2.45, 2.75) is 33.4 Å². The second-order valence-electron chi connectivity index (χ2n) is 8.12. The molecule has 3 aromatic rings. The number of amidine groups is 1. The monoisotopic (exact) mass is 530 g/mol. The van der Waals surface area contributed by atoms with Crippen LogP contribution in [0.3, 0.4) is 0 Å². The Bertz CT molecular complexity index is 1410. The summed E-state index contributed by atoms with van der Waals surface area (Å²) < 4.78 is 10.9. The quantitative estimate of drug-likeness (QED) is 0.330. The highest BCUT2D eigenvalue weighted by molar-refractivity contribution is 7.13. The molecule has 2 aliphatic heterocycles. The van der Waals surface area contributed by atoms with Crippen LogP contribution in [0.15, 0.2) is 70.7 Å². The van der Waals surface area contributed by atoms with E-state index in [2.05, 4.69) is 20.3 Å². The van der Waals surface area contributed by atoms with Gasteiger partial charge in [0, 0.05) is 11.1 Å². The number of aliphatic imine (C=N–C) groups is 2. The molecule has 1 unspecified atom stereocenters. The number of thiazole rings is 1. The first-order valence-electron chi connectivity index (χ1n) is 12.4. The summed E-state index contributed by atoms with van der Waals surface area (Å²) in [7, 11) is 0. The van der Waals surface area contributed by atoms with Gasteiger partial charge in [-0.05, 0) is 25.0 Å². The first-order chi connectivity index (χ1) is 18.5. The molecule has 0 spiro atoms. The summed E-state index contributed by atoms with van der Waals surface area (Å²) in [5.74, 6) is -0.698. The lowest BCUT2D eigenvalue weighted by Gasteiger charge is -2.13. The molecule has 9 nitrogen and oxygen atoms in total. The number of anilines is 1. The fourth-order valence-corrected chi connectivity index (χ4v) is 4.98. The topological polar surface area (TPSA) is 135 Å². The van der Waals surface area contributed by atoms with E-state index in [1.165, 1.54) is 11.3 Å². The van der Waals surface area contributed by atoms with E-state index in [1.54, 1.807) is 0 Å². The van der Waals surface area contributed by atoms with Crippen LogP contribution < -0.4 is 11.1 Å². The molecule has 0 fully saturated rings. The Balaban J connectivity index is 0.00000164. The van der Waals surface area contributed by atoms with Crippen LogP contribution in [0, 0.1) is 12.3 Å². The zero-order valence-electron chi connectivity index (χ0n) is 21.5. The van der Waals surface area contributed by atoms with Crippen LogP contribution in [-0.2, 0) is 14.3 Å². The maximum absolute atomic E-state index is 13.0. The predicted molar refractivity (Wildman–Crippen MR) is 152 cm³/mol. The van der Waals surface area contributed by atoms with Crippen molar-refractivity contribution in [3.8, 4) is 0 Å². The molecule has 2 aromatic carbocycles. The van der Waals surface area contributed by atoms with Crippen molar-refractivity contribution in [1.82, 2.24) is 4.98 Å². The molecule has 196 valence electrons. The number of carbonyl (C=O) groups excluding carboxylic acids is 1. The van der Waals surface area contributed by atoms with Gasteiger partial charge < -0.3 is 20.5 Å². The van der Waals surface area contributed by atoms with Crippen LogP contribution in [0.5, 0.6) is 0 Å². The standard InChI is InChI=1S/C26H24N6O3S.C2H6/c1-15-29-21(22(36-15)17-11-13-34-14-12-17)23(27)35-26(28)32-24-25(33)30-19-10-6-5-9-18(19)20(31-24)16-7-3-2-4-8-16;1-2/h2-11,24,27H,12-14H2,1H3,(H2,28,32)(H,30,33);1-2H3. The van der Waals surface area contributed by atoms with E-state index in [0.717, 1.165) is 33.0 Å². The van der Waals surface area contributed by atoms with E-state index in [9.17, 15) is 4.79 Å². The molecule has 3 heterocycles. The first kappa shape index (κ1) is 26.9. The molecule has 38 heavy (non-hydrogen) atoms. The SMILES string of the molecule is CC.Cc1nc(C(=N)O/C(N)=N/C2N=C(c3ccccc3)c3ccccc3NC2=O)c(C2=CCOCC2)s1. The van der Waals surface area contributed by atoms with Gasteiger partial charge in [-0.3, -0.25) is 10.2 Å². The molecular weight excluding hydrogens is 500 g/mol. The van der Waals surface area contributed by atoms with Crippen molar-refractivity contribution in [2.75, 3.05) is 18.5 Å². The predicted octanol–water partition coefficient (Wildman–Crippen LogP) is 4.75. The number of aryl methyl sites for hydroxylation is 1. The fraction of sp³-hybridized carbons (Fsp3) is 0.250. The molecule has 0 bridgehead atoms. The van der Waals surface area contributed by atoms with Gasteiger partial charge in [0.2, 0.25) is 12.1 Å². The zero-order valence-corrected chi connectivity index (χ0v) is 22.3. The Hall–Kier alpha value is -4.15. The van der Waals surface area contributed by atoms with Gasteiger partial charge >= 0.3 is 0 Å². The number of nitrogens with two attached hydrogens (primary N) is 1.